The summed E-state index contributed by atoms with van der Waals surface area (Å²) in [6, 6.07) is 5.16. The van der Waals surface area contributed by atoms with Crippen LogP contribution in [0, 0.1) is 0 Å². The highest BCUT2D eigenvalue weighted by atomic mass is 32.2. The number of rotatable bonds is 7. The monoisotopic (exact) mass is 288 g/mol. The molecule has 0 aliphatic carbocycles. The number of sulfone groups is 1. The minimum Gasteiger partial charge on any atom is -0.497 e. The molecule has 1 atom stereocenters. The van der Waals surface area contributed by atoms with Crippen molar-refractivity contribution in [3.05, 3.63) is 23.8 Å². The Morgan fingerprint density at radius 1 is 1.37 bits per heavy atom. The Kier molecular flexibility index (Phi) is 5.62. The molecular formula is C13H20O5S. The molecule has 0 heterocycles. The van der Waals surface area contributed by atoms with Gasteiger partial charge in [-0.1, -0.05) is 0 Å². The van der Waals surface area contributed by atoms with E-state index in [1.165, 1.54) is 6.26 Å². The van der Waals surface area contributed by atoms with Gasteiger partial charge in [-0.3, -0.25) is 0 Å². The van der Waals surface area contributed by atoms with Crippen molar-refractivity contribution in [1.29, 1.82) is 0 Å². The normalized spacial score (nSPS) is 13.1. The maximum absolute atomic E-state index is 11.0. The Morgan fingerprint density at radius 3 is 2.58 bits per heavy atom. The van der Waals surface area contributed by atoms with E-state index in [1.54, 1.807) is 32.2 Å². The summed E-state index contributed by atoms with van der Waals surface area (Å²) in [5.74, 6) is 1.23. The molecule has 0 fully saturated rings. The van der Waals surface area contributed by atoms with Crippen LogP contribution in [0.25, 0.3) is 0 Å². The Hall–Kier alpha value is -1.27. The van der Waals surface area contributed by atoms with Crippen LogP contribution in [0.3, 0.4) is 0 Å². The fraction of sp³-hybridized carbons (Fsp3) is 0.538. The Labute approximate surface area is 114 Å². The fourth-order valence-corrected chi connectivity index (χ4v) is 2.26. The minimum absolute atomic E-state index is 0.0843. The molecule has 0 radical (unpaired) electrons. The van der Waals surface area contributed by atoms with Crippen molar-refractivity contribution in [3.63, 3.8) is 0 Å². The smallest absolute Gasteiger partial charge is 0.147 e. The number of benzene rings is 1. The summed E-state index contributed by atoms with van der Waals surface area (Å²) in [5, 5.41) is 9.64. The number of hydrogen-bond donors (Lipinski definition) is 1. The van der Waals surface area contributed by atoms with Gasteiger partial charge in [-0.15, -0.1) is 0 Å². The first-order chi connectivity index (χ1) is 8.83. The maximum atomic E-state index is 11.0. The molecule has 5 nitrogen and oxygen atoms in total. The molecule has 0 unspecified atom stereocenters. The van der Waals surface area contributed by atoms with Gasteiger partial charge in [0.25, 0.3) is 0 Å². The predicted octanol–water partition coefficient (Wildman–Crippen LogP) is 1.56. The van der Waals surface area contributed by atoms with Crippen LogP contribution >= 0.6 is 0 Å². The molecular weight excluding hydrogens is 268 g/mol. The van der Waals surface area contributed by atoms with Crippen LogP contribution in [0.2, 0.25) is 0 Å². The molecule has 0 aliphatic heterocycles. The SMILES string of the molecule is COc1ccc([C@@H](C)O)c(OCCCS(C)(=O)=O)c1. The number of ether oxygens (including phenoxy) is 2. The van der Waals surface area contributed by atoms with Crippen LogP contribution in [0.1, 0.15) is 25.0 Å². The molecule has 0 amide bonds. The largest absolute Gasteiger partial charge is 0.497 e. The molecule has 1 rings (SSSR count). The van der Waals surface area contributed by atoms with Gasteiger partial charge in [-0.05, 0) is 25.5 Å². The van der Waals surface area contributed by atoms with Crippen molar-refractivity contribution in [2.45, 2.75) is 19.4 Å². The Bertz CT molecular complexity index is 508. The molecule has 0 bridgehead atoms. The van der Waals surface area contributed by atoms with Crippen molar-refractivity contribution in [1.82, 2.24) is 0 Å². The van der Waals surface area contributed by atoms with Gasteiger partial charge in [0.2, 0.25) is 0 Å². The van der Waals surface area contributed by atoms with E-state index in [0.29, 0.717) is 23.5 Å². The summed E-state index contributed by atoms with van der Waals surface area (Å²) in [7, 11) is -1.43. The lowest BCUT2D eigenvalue weighted by Crippen LogP contribution is -2.09. The van der Waals surface area contributed by atoms with Crippen molar-refractivity contribution >= 4 is 9.84 Å². The molecule has 0 saturated heterocycles. The first-order valence-corrected chi connectivity index (χ1v) is 8.06. The van der Waals surface area contributed by atoms with E-state index < -0.39 is 15.9 Å². The van der Waals surface area contributed by atoms with Crippen LogP contribution in [0.15, 0.2) is 18.2 Å². The molecule has 1 aromatic carbocycles. The molecule has 0 saturated carbocycles. The first kappa shape index (κ1) is 15.8. The molecule has 0 aliphatic rings. The lowest BCUT2D eigenvalue weighted by Gasteiger charge is -2.14. The summed E-state index contributed by atoms with van der Waals surface area (Å²) in [6.45, 7) is 1.92. The van der Waals surface area contributed by atoms with Gasteiger partial charge in [-0.25, -0.2) is 8.42 Å². The van der Waals surface area contributed by atoms with Crippen LogP contribution in [-0.4, -0.2) is 39.2 Å². The predicted molar refractivity (Wildman–Crippen MR) is 73.5 cm³/mol. The van der Waals surface area contributed by atoms with Gasteiger partial charge >= 0.3 is 0 Å². The number of aliphatic hydroxyl groups is 1. The van der Waals surface area contributed by atoms with E-state index in [4.69, 9.17) is 9.47 Å². The third kappa shape index (κ3) is 5.48. The van der Waals surface area contributed by atoms with E-state index in [-0.39, 0.29) is 12.4 Å². The fourth-order valence-electron chi connectivity index (χ4n) is 1.62. The molecule has 0 aromatic heterocycles. The molecule has 0 spiro atoms. The van der Waals surface area contributed by atoms with Gasteiger partial charge in [0.1, 0.15) is 21.3 Å². The number of aliphatic hydroxyl groups excluding tert-OH is 1. The summed E-state index contributed by atoms with van der Waals surface area (Å²) < 4.78 is 32.6. The van der Waals surface area contributed by atoms with E-state index in [9.17, 15) is 13.5 Å². The minimum atomic E-state index is -2.97. The summed E-state index contributed by atoms with van der Waals surface area (Å²) in [6.07, 6.45) is 0.950. The number of methoxy groups -OCH3 is 1. The second-order valence-electron chi connectivity index (χ2n) is 4.41. The molecule has 108 valence electrons. The van der Waals surface area contributed by atoms with Gasteiger partial charge < -0.3 is 14.6 Å². The third-order valence-electron chi connectivity index (χ3n) is 2.59. The van der Waals surface area contributed by atoms with Gasteiger partial charge in [-0.2, -0.15) is 0 Å². The van der Waals surface area contributed by atoms with E-state index in [0.717, 1.165) is 0 Å². The topological polar surface area (TPSA) is 72.8 Å². The average Bonchev–Trinajstić information content (AvgIpc) is 2.33. The van der Waals surface area contributed by atoms with Crippen LogP contribution in [-0.2, 0) is 9.84 Å². The van der Waals surface area contributed by atoms with E-state index >= 15 is 0 Å². The van der Waals surface area contributed by atoms with E-state index in [1.807, 2.05) is 0 Å². The van der Waals surface area contributed by atoms with Crippen molar-refractivity contribution in [2.24, 2.45) is 0 Å². The third-order valence-corrected chi connectivity index (χ3v) is 3.62. The van der Waals surface area contributed by atoms with Gasteiger partial charge in [0.15, 0.2) is 0 Å². The highest BCUT2D eigenvalue weighted by Gasteiger charge is 2.11. The highest BCUT2D eigenvalue weighted by molar-refractivity contribution is 7.90. The van der Waals surface area contributed by atoms with Crippen molar-refractivity contribution < 1.29 is 23.0 Å². The van der Waals surface area contributed by atoms with Crippen LogP contribution in [0.4, 0.5) is 0 Å². The van der Waals surface area contributed by atoms with Gasteiger partial charge in [0.05, 0.1) is 25.6 Å². The summed E-state index contributed by atoms with van der Waals surface area (Å²) in [5.41, 5.74) is 0.653. The lowest BCUT2D eigenvalue weighted by molar-refractivity contribution is 0.191. The van der Waals surface area contributed by atoms with Crippen LogP contribution in [0.5, 0.6) is 11.5 Å². The summed E-state index contributed by atoms with van der Waals surface area (Å²) in [4.78, 5) is 0. The maximum Gasteiger partial charge on any atom is 0.147 e. The first-order valence-electron chi connectivity index (χ1n) is 6.00. The second kappa shape index (κ2) is 6.77. The second-order valence-corrected chi connectivity index (χ2v) is 6.67. The molecule has 6 heteroatoms. The molecule has 1 aromatic rings. The average molecular weight is 288 g/mol. The van der Waals surface area contributed by atoms with E-state index in [2.05, 4.69) is 0 Å². The zero-order chi connectivity index (χ0) is 14.5. The standard InChI is InChI=1S/C13H20O5S/c1-10(14)12-6-5-11(17-2)9-13(12)18-7-4-8-19(3,15)16/h5-6,9-10,14H,4,7-8H2,1-3H3/t10-/m1/s1. The lowest BCUT2D eigenvalue weighted by atomic mass is 10.1. The Balaban J connectivity index is 2.70. The van der Waals surface area contributed by atoms with Crippen molar-refractivity contribution in [3.8, 4) is 11.5 Å². The quantitative estimate of drug-likeness (QED) is 0.771. The molecule has 1 N–H and O–H groups in total. The molecule has 19 heavy (non-hydrogen) atoms. The zero-order valence-corrected chi connectivity index (χ0v) is 12.2. The van der Waals surface area contributed by atoms with Crippen LogP contribution < -0.4 is 9.47 Å². The van der Waals surface area contributed by atoms with Crippen molar-refractivity contribution in [2.75, 3.05) is 25.7 Å². The Morgan fingerprint density at radius 2 is 2.05 bits per heavy atom. The summed E-state index contributed by atoms with van der Waals surface area (Å²) >= 11 is 0. The zero-order valence-electron chi connectivity index (χ0n) is 11.4. The van der Waals surface area contributed by atoms with Gasteiger partial charge in [0, 0.05) is 17.9 Å². The number of hydrogen-bond acceptors (Lipinski definition) is 5. The highest BCUT2D eigenvalue weighted by Crippen LogP contribution is 2.29.